The van der Waals surface area contributed by atoms with E-state index in [9.17, 15) is 32.9 Å². The molecule has 1 aliphatic heterocycles. The minimum Gasteiger partial charge on any atom is -0.475 e. The number of pyridine rings is 1. The third kappa shape index (κ3) is 6.54. The summed E-state index contributed by atoms with van der Waals surface area (Å²) in [7, 11) is 0. The number of H-pyrrole nitrogens is 1. The summed E-state index contributed by atoms with van der Waals surface area (Å²) in [5.74, 6) is -2.52. The van der Waals surface area contributed by atoms with E-state index in [1.807, 2.05) is 18.2 Å². The van der Waals surface area contributed by atoms with Crippen molar-refractivity contribution in [2.45, 2.75) is 37.3 Å². The van der Waals surface area contributed by atoms with Gasteiger partial charge in [-0.2, -0.15) is 23.7 Å². The summed E-state index contributed by atoms with van der Waals surface area (Å²) >= 11 is 0. The molecule has 0 aliphatic carbocycles. The number of hydrogen-bond donors (Lipinski definition) is 3. The molecule has 2 aromatic heterocycles. The summed E-state index contributed by atoms with van der Waals surface area (Å²) in [5, 5.41) is 26.3. The van der Waals surface area contributed by atoms with Crippen LogP contribution in [0.15, 0.2) is 42.7 Å². The van der Waals surface area contributed by atoms with E-state index in [4.69, 9.17) is 20.4 Å². The molecule has 3 heterocycles. The number of benzene rings is 1. The maximum atomic E-state index is 13.7. The van der Waals surface area contributed by atoms with Gasteiger partial charge in [-0.3, -0.25) is 4.79 Å². The van der Waals surface area contributed by atoms with Gasteiger partial charge in [0.25, 0.3) is 0 Å². The highest BCUT2D eigenvalue weighted by atomic mass is 19.4. The van der Waals surface area contributed by atoms with Crippen LogP contribution >= 0.6 is 0 Å². The monoisotopic (exact) mass is 532 g/mol. The Morgan fingerprint density at radius 1 is 1.32 bits per heavy atom. The number of nitrogens with zero attached hydrogens (tertiary/aromatic N) is 4. The minimum atomic E-state index is -5.08. The van der Waals surface area contributed by atoms with Crippen molar-refractivity contribution < 1.29 is 37.0 Å². The van der Waals surface area contributed by atoms with E-state index in [1.54, 1.807) is 30.5 Å². The number of carboxylic acid groups (broad SMARTS) is 1. The molecule has 1 saturated heterocycles. The first kappa shape index (κ1) is 27.9. The van der Waals surface area contributed by atoms with Crippen molar-refractivity contribution in [3.8, 4) is 23.8 Å². The number of rotatable bonds is 5. The molecule has 3 atom stereocenters. The summed E-state index contributed by atoms with van der Waals surface area (Å²) < 4.78 is 51.2. The van der Waals surface area contributed by atoms with Gasteiger partial charge >= 0.3 is 12.1 Å². The fourth-order valence-corrected chi connectivity index (χ4v) is 3.75. The fraction of sp³-hybridized carbons (Fsp3) is 0.292. The van der Waals surface area contributed by atoms with Crippen molar-refractivity contribution in [2.75, 3.05) is 6.54 Å². The molecule has 14 heteroatoms. The van der Waals surface area contributed by atoms with Crippen molar-refractivity contribution in [3.05, 3.63) is 53.9 Å². The second-order valence-electron chi connectivity index (χ2n) is 8.17. The van der Waals surface area contributed by atoms with Crippen molar-refractivity contribution in [1.82, 2.24) is 14.9 Å². The van der Waals surface area contributed by atoms with Crippen LogP contribution in [0, 0.1) is 22.7 Å². The molecule has 10 nitrogen and oxygen atoms in total. The second kappa shape index (κ2) is 11.6. The van der Waals surface area contributed by atoms with Gasteiger partial charge in [-0.25, -0.2) is 14.2 Å². The zero-order chi connectivity index (χ0) is 28.0. The number of amides is 1. The van der Waals surface area contributed by atoms with Gasteiger partial charge in [-0.05, 0) is 42.3 Å². The molecular formula is C24H20F4N6O4. The van der Waals surface area contributed by atoms with Gasteiger partial charge in [-0.1, -0.05) is 0 Å². The minimum absolute atomic E-state index is 0.0148. The lowest BCUT2D eigenvalue weighted by Gasteiger charge is -2.23. The van der Waals surface area contributed by atoms with Crippen LogP contribution < -0.4 is 10.5 Å². The number of carbonyl (C=O) groups excluding carboxylic acids is 1. The van der Waals surface area contributed by atoms with E-state index >= 15 is 0 Å². The summed E-state index contributed by atoms with van der Waals surface area (Å²) in [6.45, 7) is -0.109. The molecule has 1 aliphatic rings. The third-order valence-electron chi connectivity index (χ3n) is 5.53. The van der Waals surface area contributed by atoms with Gasteiger partial charge in [0, 0.05) is 29.7 Å². The highest BCUT2D eigenvalue weighted by molar-refractivity contribution is 5.87. The maximum absolute atomic E-state index is 13.7. The van der Waals surface area contributed by atoms with Crippen LogP contribution in [0.5, 0.6) is 11.6 Å². The Bertz CT molecular complexity index is 1410. The van der Waals surface area contributed by atoms with Gasteiger partial charge in [0.05, 0.1) is 18.7 Å². The van der Waals surface area contributed by atoms with Crippen molar-refractivity contribution in [3.63, 3.8) is 0 Å². The molecule has 1 fully saturated rings. The molecule has 1 amide bonds. The lowest BCUT2D eigenvalue weighted by atomic mass is 10.0. The van der Waals surface area contributed by atoms with Crippen LogP contribution in [-0.2, 0) is 16.0 Å². The summed E-state index contributed by atoms with van der Waals surface area (Å²) in [6.07, 6.45) is -2.77. The second-order valence-corrected chi connectivity index (χ2v) is 8.17. The number of nitrogens with one attached hydrogen (secondary N) is 1. The number of aliphatic carboxylic acids is 1. The molecule has 0 radical (unpaired) electrons. The Morgan fingerprint density at radius 2 is 2.03 bits per heavy atom. The molecule has 0 spiro atoms. The first-order chi connectivity index (χ1) is 17.9. The number of likely N-dealkylation sites (tertiary alicyclic amines) is 1. The number of aromatic nitrogens is 2. The Labute approximate surface area is 212 Å². The van der Waals surface area contributed by atoms with Crippen molar-refractivity contribution in [2.24, 2.45) is 5.73 Å². The third-order valence-corrected chi connectivity index (χ3v) is 5.53. The highest BCUT2D eigenvalue weighted by Crippen LogP contribution is 2.29. The van der Waals surface area contributed by atoms with Crippen molar-refractivity contribution in [1.29, 1.82) is 10.5 Å². The average Bonchev–Trinajstić information content (AvgIpc) is 3.46. The number of nitrogens with two attached hydrogens (primary N) is 1. The lowest BCUT2D eigenvalue weighted by Crippen LogP contribution is -2.46. The number of alkyl halides is 4. The standard InChI is InChI=1S/C22H19FN6O2.C2HF3O2/c23-15-7-16(10-25)29(12-15)22(30)19(26)6-14-11-28-20-4-3-17(8-18(14)20)31-21-13(9-24)2-1-5-27-21;3-2(4,5)1(6)7/h1-5,8,11,15-16,19,28H,6-7,12,26H2;(H,6,7)/t15-,16-,19-;/m0./s1. The Hall–Kier alpha value is -4.69. The molecule has 3 aromatic rings. The molecule has 38 heavy (non-hydrogen) atoms. The first-order valence-corrected chi connectivity index (χ1v) is 11.0. The largest absolute Gasteiger partial charge is 0.490 e. The molecule has 1 aromatic carbocycles. The number of carboxylic acids is 1. The van der Waals surface area contributed by atoms with Crippen LogP contribution in [-0.4, -0.2) is 62.8 Å². The highest BCUT2D eigenvalue weighted by Gasteiger charge is 2.38. The molecule has 0 unspecified atom stereocenters. The smallest absolute Gasteiger partial charge is 0.475 e. The number of hydrogen-bond acceptors (Lipinski definition) is 7. The van der Waals surface area contributed by atoms with Crippen LogP contribution in [0.4, 0.5) is 17.6 Å². The zero-order valence-electron chi connectivity index (χ0n) is 19.4. The molecular weight excluding hydrogens is 512 g/mol. The van der Waals surface area contributed by atoms with E-state index in [0.29, 0.717) is 11.3 Å². The van der Waals surface area contributed by atoms with E-state index in [-0.39, 0.29) is 25.3 Å². The summed E-state index contributed by atoms with van der Waals surface area (Å²) in [6, 6.07) is 10.9. The predicted molar refractivity (Wildman–Crippen MR) is 123 cm³/mol. The number of carbonyl (C=O) groups is 2. The summed E-state index contributed by atoms with van der Waals surface area (Å²) in [5.41, 5.74) is 8.05. The first-order valence-electron chi connectivity index (χ1n) is 11.0. The van der Waals surface area contributed by atoms with Crippen LogP contribution in [0.3, 0.4) is 0 Å². The average molecular weight is 532 g/mol. The maximum Gasteiger partial charge on any atom is 0.490 e. The normalized spacial score (nSPS) is 17.6. The van der Waals surface area contributed by atoms with Crippen LogP contribution in [0.1, 0.15) is 17.5 Å². The number of nitriles is 2. The number of ether oxygens (including phenoxy) is 1. The zero-order valence-corrected chi connectivity index (χ0v) is 19.4. The quantitative estimate of drug-likeness (QED) is 0.421. The van der Waals surface area contributed by atoms with E-state index in [1.165, 1.54) is 11.1 Å². The number of aromatic amines is 1. The van der Waals surface area contributed by atoms with Crippen LogP contribution in [0.25, 0.3) is 10.9 Å². The fourth-order valence-electron chi connectivity index (χ4n) is 3.75. The van der Waals surface area contributed by atoms with Gasteiger partial charge in [0.2, 0.25) is 11.8 Å². The van der Waals surface area contributed by atoms with Gasteiger partial charge in [0.1, 0.15) is 29.6 Å². The van der Waals surface area contributed by atoms with Crippen molar-refractivity contribution >= 4 is 22.8 Å². The van der Waals surface area contributed by atoms with E-state index in [2.05, 4.69) is 9.97 Å². The lowest BCUT2D eigenvalue weighted by molar-refractivity contribution is -0.192. The van der Waals surface area contributed by atoms with E-state index in [0.717, 1.165) is 16.5 Å². The summed E-state index contributed by atoms with van der Waals surface area (Å²) in [4.78, 5) is 30.1. The Morgan fingerprint density at radius 3 is 2.66 bits per heavy atom. The Kier molecular flexibility index (Phi) is 8.50. The van der Waals surface area contributed by atoms with Gasteiger partial charge in [0.15, 0.2) is 0 Å². The van der Waals surface area contributed by atoms with E-state index < -0.39 is 36.3 Å². The molecule has 0 saturated carbocycles. The van der Waals surface area contributed by atoms with Gasteiger partial charge < -0.3 is 25.5 Å². The SMILES string of the molecule is N#Cc1cccnc1Oc1ccc2[nH]cc(C[C@H](N)C(=O)N3C[C@@H](F)C[C@H]3C#N)c2c1.O=C(O)C(F)(F)F. The molecule has 198 valence electrons. The predicted octanol–water partition coefficient (Wildman–Crippen LogP) is 3.19. The number of fused-ring (bicyclic) bond motifs is 1. The Balaban J connectivity index is 0.000000505. The number of halogens is 4. The molecule has 4 N–H and O–H groups in total. The molecule has 4 rings (SSSR count). The topological polar surface area (TPSA) is 169 Å². The van der Waals surface area contributed by atoms with Crippen LogP contribution in [0.2, 0.25) is 0 Å². The van der Waals surface area contributed by atoms with Gasteiger partial charge in [-0.15, -0.1) is 0 Å². The molecule has 0 bridgehead atoms.